The van der Waals surface area contributed by atoms with Crippen molar-refractivity contribution in [1.82, 2.24) is 0 Å². The van der Waals surface area contributed by atoms with Gasteiger partial charge >= 0.3 is 0 Å². The Morgan fingerprint density at radius 2 is 1.85 bits per heavy atom. The summed E-state index contributed by atoms with van der Waals surface area (Å²) in [5, 5.41) is 26.6. The predicted octanol–water partition coefficient (Wildman–Crippen LogP) is 4.92. The molecular formula is C21H16IN3O2. The molecule has 0 aliphatic heterocycles. The van der Waals surface area contributed by atoms with Crippen LogP contribution < -0.4 is 10.6 Å². The molecule has 0 spiro atoms. The Morgan fingerprint density at radius 3 is 2.59 bits per heavy atom. The van der Waals surface area contributed by atoms with Crippen molar-refractivity contribution in [1.29, 1.82) is 5.26 Å². The van der Waals surface area contributed by atoms with Crippen LogP contribution in [0.25, 0.3) is 10.8 Å². The number of fused-ring (bicyclic) bond motifs is 1. The molecule has 0 heterocycles. The highest BCUT2D eigenvalue weighted by Gasteiger charge is 2.11. The number of carbonyl (C=O) groups excluding carboxylic acids is 1. The van der Waals surface area contributed by atoms with E-state index in [4.69, 9.17) is 0 Å². The highest BCUT2D eigenvalue weighted by Crippen LogP contribution is 2.29. The predicted molar refractivity (Wildman–Crippen MR) is 115 cm³/mol. The van der Waals surface area contributed by atoms with E-state index < -0.39 is 5.91 Å². The van der Waals surface area contributed by atoms with Crippen LogP contribution in [0.1, 0.15) is 5.56 Å². The Balaban J connectivity index is 1.84. The summed E-state index contributed by atoms with van der Waals surface area (Å²) < 4.78 is 1.07. The number of nitrogens with zero attached hydrogens (tertiary/aromatic N) is 1. The van der Waals surface area contributed by atoms with Crippen LogP contribution in [-0.2, 0) is 4.79 Å². The van der Waals surface area contributed by atoms with Gasteiger partial charge in [0.2, 0.25) is 0 Å². The molecule has 0 saturated heterocycles. The zero-order chi connectivity index (χ0) is 19.4. The fourth-order valence-electron chi connectivity index (χ4n) is 2.67. The van der Waals surface area contributed by atoms with Gasteiger partial charge in [0, 0.05) is 31.9 Å². The maximum Gasteiger partial charge on any atom is 0.267 e. The molecule has 3 rings (SSSR count). The summed E-state index contributed by atoms with van der Waals surface area (Å²) in [6.07, 6.45) is 1.37. The third-order valence-electron chi connectivity index (χ3n) is 4.07. The minimum absolute atomic E-state index is 0.0508. The van der Waals surface area contributed by atoms with Crippen LogP contribution in [0.15, 0.2) is 66.4 Å². The summed E-state index contributed by atoms with van der Waals surface area (Å²) in [5.74, 6) is -0.315. The second-order valence-electron chi connectivity index (χ2n) is 5.91. The van der Waals surface area contributed by atoms with Crippen LogP contribution in [0.5, 0.6) is 5.75 Å². The smallest absolute Gasteiger partial charge is 0.267 e. The Kier molecular flexibility index (Phi) is 5.62. The van der Waals surface area contributed by atoms with Gasteiger partial charge in [0.1, 0.15) is 17.4 Å². The van der Waals surface area contributed by atoms with Gasteiger partial charge in [-0.2, -0.15) is 5.26 Å². The number of nitrogens with one attached hydrogen (secondary N) is 2. The third kappa shape index (κ3) is 4.20. The molecule has 3 aromatic carbocycles. The molecular weight excluding hydrogens is 453 g/mol. The van der Waals surface area contributed by atoms with Crippen molar-refractivity contribution in [3.8, 4) is 11.8 Å². The van der Waals surface area contributed by atoms with E-state index in [1.54, 1.807) is 24.3 Å². The summed E-state index contributed by atoms with van der Waals surface area (Å²) >= 11 is 2.20. The van der Waals surface area contributed by atoms with Crippen LogP contribution in [0.4, 0.5) is 11.4 Å². The molecule has 0 radical (unpaired) electrons. The molecule has 0 aliphatic carbocycles. The number of amides is 1. The lowest BCUT2D eigenvalue weighted by Crippen LogP contribution is -2.15. The second-order valence-corrected chi connectivity index (χ2v) is 7.15. The van der Waals surface area contributed by atoms with E-state index >= 15 is 0 Å². The molecule has 0 bridgehead atoms. The van der Waals surface area contributed by atoms with Gasteiger partial charge in [-0.05, 0) is 65.4 Å². The van der Waals surface area contributed by atoms with Crippen LogP contribution >= 0.6 is 22.6 Å². The number of benzene rings is 3. The number of rotatable bonds is 4. The molecule has 0 unspecified atom stereocenters. The van der Waals surface area contributed by atoms with E-state index in [1.165, 1.54) is 6.20 Å². The number of aryl methyl sites for hydroxylation is 1. The first-order chi connectivity index (χ1) is 13.0. The van der Waals surface area contributed by atoms with Gasteiger partial charge < -0.3 is 15.7 Å². The van der Waals surface area contributed by atoms with Gasteiger partial charge in [-0.3, -0.25) is 4.79 Å². The van der Waals surface area contributed by atoms with Crippen molar-refractivity contribution in [3.63, 3.8) is 0 Å². The minimum Gasteiger partial charge on any atom is -0.507 e. The third-order valence-corrected chi connectivity index (χ3v) is 4.74. The highest BCUT2D eigenvalue weighted by atomic mass is 127. The molecule has 1 amide bonds. The number of phenols is 1. The second kappa shape index (κ2) is 8.10. The largest absolute Gasteiger partial charge is 0.507 e. The number of halogens is 1. The number of hydrogen-bond donors (Lipinski definition) is 3. The van der Waals surface area contributed by atoms with E-state index in [-0.39, 0.29) is 11.3 Å². The lowest BCUT2D eigenvalue weighted by molar-refractivity contribution is -0.112. The maximum atomic E-state index is 12.4. The molecule has 0 saturated carbocycles. The van der Waals surface area contributed by atoms with Crippen molar-refractivity contribution in [2.45, 2.75) is 6.92 Å². The molecule has 6 heteroatoms. The quantitative estimate of drug-likeness (QED) is 0.288. The maximum absolute atomic E-state index is 12.4. The molecule has 5 nitrogen and oxygen atoms in total. The summed E-state index contributed by atoms with van der Waals surface area (Å²) in [7, 11) is 0. The van der Waals surface area contributed by atoms with Gasteiger partial charge in [0.15, 0.2) is 0 Å². The summed E-state index contributed by atoms with van der Waals surface area (Å²) in [6, 6.07) is 18.2. The van der Waals surface area contributed by atoms with Gasteiger partial charge in [-0.1, -0.05) is 24.3 Å². The first-order valence-electron chi connectivity index (χ1n) is 8.14. The summed E-state index contributed by atoms with van der Waals surface area (Å²) in [4.78, 5) is 12.4. The number of carbonyl (C=O) groups is 1. The van der Waals surface area contributed by atoms with Gasteiger partial charge in [0.25, 0.3) is 5.91 Å². The highest BCUT2D eigenvalue weighted by molar-refractivity contribution is 14.1. The monoisotopic (exact) mass is 469 g/mol. The molecule has 0 aromatic heterocycles. The van der Waals surface area contributed by atoms with E-state index in [0.29, 0.717) is 16.8 Å². The average Bonchev–Trinajstić information content (AvgIpc) is 2.65. The molecule has 3 N–H and O–H groups in total. The van der Waals surface area contributed by atoms with Crippen LogP contribution in [0.2, 0.25) is 0 Å². The number of aromatic hydroxyl groups is 1. The zero-order valence-corrected chi connectivity index (χ0v) is 16.6. The molecule has 3 aromatic rings. The Labute approximate surface area is 170 Å². The SMILES string of the molecule is Cc1cc(I)ccc1NC(=O)/C(C#N)=C\Nc1cccc2c(O)cccc12. The summed E-state index contributed by atoms with van der Waals surface area (Å²) in [6.45, 7) is 1.90. The Bertz CT molecular complexity index is 1100. The van der Waals surface area contributed by atoms with Crippen LogP contribution in [-0.4, -0.2) is 11.0 Å². The molecule has 0 atom stereocenters. The van der Waals surface area contributed by atoms with Crippen molar-refractivity contribution in [2.75, 3.05) is 10.6 Å². The molecule has 134 valence electrons. The van der Waals surface area contributed by atoms with Gasteiger partial charge in [-0.25, -0.2) is 0 Å². The molecule has 0 fully saturated rings. The molecule has 0 aliphatic rings. The number of anilines is 2. The van der Waals surface area contributed by atoms with Crippen molar-refractivity contribution in [2.24, 2.45) is 0 Å². The van der Waals surface area contributed by atoms with Crippen LogP contribution in [0, 0.1) is 21.8 Å². The van der Waals surface area contributed by atoms with E-state index in [9.17, 15) is 15.2 Å². The summed E-state index contributed by atoms with van der Waals surface area (Å²) in [5.41, 5.74) is 2.22. The van der Waals surface area contributed by atoms with Crippen molar-refractivity contribution < 1.29 is 9.90 Å². The minimum atomic E-state index is -0.489. The lowest BCUT2D eigenvalue weighted by atomic mass is 10.1. The lowest BCUT2D eigenvalue weighted by Gasteiger charge is -2.10. The number of hydrogen-bond acceptors (Lipinski definition) is 4. The topological polar surface area (TPSA) is 85.2 Å². The molecule has 27 heavy (non-hydrogen) atoms. The number of phenolic OH excluding ortho intramolecular Hbond substituents is 1. The first-order valence-corrected chi connectivity index (χ1v) is 9.22. The van der Waals surface area contributed by atoms with Gasteiger partial charge in [0.05, 0.1) is 0 Å². The number of nitriles is 1. The van der Waals surface area contributed by atoms with E-state index in [1.807, 2.05) is 43.3 Å². The van der Waals surface area contributed by atoms with E-state index in [2.05, 4.69) is 33.2 Å². The zero-order valence-electron chi connectivity index (χ0n) is 14.5. The normalized spacial score (nSPS) is 11.1. The van der Waals surface area contributed by atoms with Crippen molar-refractivity contribution >= 4 is 50.6 Å². The standard InChI is InChI=1S/C21H16IN3O2/c1-13-10-15(22)8-9-18(13)25-21(27)14(11-23)12-24-19-6-2-5-17-16(19)4-3-7-20(17)26/h2-10,12,24,26H,1H3,(H,25,27)/b14-12-. The fraction of sp³-hybridized carbons (Fsp3) is 0.0476. The van der Waals surface area contributed by atoms with Crippen LogP contribution in [0.3, 0.4) is 0 Å². The van der Waals surface area contributed by atoms with Gasteiger partial charge in [-0.15, -0.1) is 0 Å². The first kappa shape index (κ1) is 18.7. The Hall–Kier alpha value is -3.05. The average molecular weight is 469 g/mol. The van der Waals surface area contributed by atoms with Crippen molar-refractivity contribution in [3.05, 3.63) is 75.5 Å². The Morgan fingerprint density at radius 1 is 1.11 bits per heavy atom. The van der Waals surface area contributed by atoms with E-state index in [0.717, 1.165) is 14.5 Å². The fourth-order valence-corrected chi connectivity index (χ4v) is 3.32.